The fourth-order valence-corrected chi connectivity index (χ4v) is 1.90. The van der Waals surface area contributed by atoms with Gasteiger partial charge in [-0.05, 0) is 11.8 Å². The number of rotatable bonds is 6. The highest BCUT2D eigenvalue weighted by Crippen LogP contribution is 2.24. The van der Waals surface area contributed by atoms with Gasteiger partial charge in [0.2, 0.25) is 0 Å². The van der Waals surface area contributed by atoms with E-state index in [0.717, 1.165) is 17.8 Å². The predicted molar refractivity (Wildman–Crippen MR) is 70.3 cm³/mol. The Hall–Kier alpha value is -0.580. The van der Waals surface area contributed by atoms with Crippen LogP contribution in [0.25, 0.3) is 0 Å². The first-order chi connectivity index (χ1) is 7.97. The monoisotopic (exact) mass is 259 g/mol. The van der Waals surface area contributed by atoms with Crippen LogP contribution in [-0.4, -0.2) is 28.0 Å². The summed E-state index contributed by atoms with van der Waals surface area (Å²) in [5.41, 5.74) is 2.11. The highest BCUT2D eigenvalue weighted by atomic mass is 35.5. The predicted octanol–water partition coefficient (Wildman–Crippen LogP) is 1.91. The van der Waals surface area contributed by atoms with Gasteiger partial charge in [-0.3, -0.25) is 4.68 Å². The highest BCUT2D eigenvalue weighted by molar-refractivity contribution is 6.30. The lowest BCUT2D eigenvalue weighted by atomic mass is 10.1. The van der Waals surface area contributed by atoms with Crippen LogP contribution >= 0.6 is 11.6 Å². The molecule has 0 aliphatic carbocycles. The zero-order chi connectivity index (χ0) is 13.0. The molecule has 0 fully saturated rings. The van der Waals surface area contributed by atoms with Crippen LogP contribution in [0.15, 0.2) is 0 Å². The van der Waals surface area contributed by atoms with Crippen molar-refractivity contribution >= 4 is 11.6 Å². The number of hydrogen-bond acceptors (Lipinski definition) is 3. The lowest BCUT2D eigenvalue weighted by molar-refractivity contribution is 0.233. The number of hydrogen-bond donors (Lipinski definition) is 2. The Morgan fingerprint density at radius 2 is 2.06 bits per heavy atom. The van der Waals surface area contributed by atoms with Crippen molar-refractivity contribution in [3.8, 4) is 0 Å². The maximum Gasteiger partial charge on any atom is 0.131 e. The van der Waals surface area contributed by atoms with Gasteiger partial charge in [0, 0.05) is 32.3 Å². The summed E-state index contributed by atoms with van der Waals surface area (Å²) in [4.78, 5) is 0. The van der Waals surface area contributed by atoms with Crippen molar-refractivity contribution in [2.75, 3.05) is 13.2 Å². The molecular weight excluding hydrogens is 238 g/mol. The Labute approximate surface area is 108 Å². The van der Waals surface area contributed by atoms with Crippen molar-refractivity contribution < 1.29 is 5.11 Å². The molecule has 1 heterocycles. The lowest BCUT2D eigenvalue weighted by Gasteiger charge is -2.10. The van der Waals surface area contributed by atoms with Crippen molar-refractivity contribution in [1.29, 1.82) is 0 Å². The number of aliphatic hydroxyl groups is 1. The van der Waals surface area contributed by atoms with Crippen LogP contribution in [-0.2, 0) is 13.6 Å². The minimum atomic E-state index is 0.199. The summed E-state index contributed by atoms with van der Waals surface area (Å²) in [7, 11) is 1.86. The second kappa shape index (κ2) is 6.38. The van der Waals surface area contributed by atoms with Gasteiger partial charge in [0.25, 0.3) is 0 Å². The summed E-state index contributed by atoms with van der Waals surface area (Å²) < 4.78 is 1.71. The zero-order valence-electron chi connectivity index (χ0n) is 11.0. The Kier molecular flexibility index (Phi) is 5.43. The van der Waals surface area contributed by atoms with E-state index >= 15 is 0 Å². The fourth-order valence-electron chi connectivity index (χ4n) is 1.70. The molecule has 0 aliphatic rings. The van der Waals surface area contributed by atoms with Crippen LogP contribution in [0.4, 0.5) is 0 Å². The summed E-state index contributed by atoms with van der Waals surface area (Å²) >= 11 is 6.22. The molecular formula is C12H22ClN3O. The molecule has 1 rings (SSSR count). The van der Waals surface area contributed by atoms with E-state index in [1.807, 2.05) is 14.0 Å². The van der Waals surface area contributed by atoms with Crippen molar-refractivity contribution in [3.63, 3.8) is 0 Å². The third kappa shape index (κ3) is 3.69. The highest BCUT2D eigenvalue weighted by Gasteiger charge is 2.16. The normalized spacial score (nSPS) is 13.4. The first-order valence-electron chi connectivity index (χ1n) is 6.00. The zero-order valence-corrected chi connectivity index (χ0v) is 11.8. The van der Waals surface area contributed by atoms with Crippen LogP contribution < -0.4 is 5.32 Å². The molecule has 2 N–H and O–H groups in total. The van der Waals surface area contributed by atoms with Crippen LogP contribution in [0.1, 0.15) is 37.9 Å². The molecule has 0 amide bonds. The summed E-state index contributed by atoms with van der Waals surface area (Å²) in [6.45, 7) is 7.90. The average molecular weight is 260 g/mol. The molecule has 1 unspecified atom stereocenters. The minimum absolute atomic E-state index is 0.199. The summed E-state index contributed by atoms with van der Waals surface area (Å²) in [6, 6.07) is 0. The second-order valence-electron chi connectivity index (χ2n) is 4.85. The number of aliphatic hydroxyl groups excluding tert-OH is 1. The van der Waals surface area contributed by atoms with Gasteiger partial charge >= 0.3 is 0 Å². The van der Waals surface area contributed by atoms with Crippen LogP contribution in [0.5, 0.6) is 0 Å². The van der Waals surface area contributed by atoms with Crippen molar-refractivity contribution in [3.05, 3.63) is 16.4 Å². The van der Waals surface area contributed by atoms with Crippen LogP contribution in [0.3, 0.4) is 0 Å². The van der Waals surface area contributed by atoms with Gasteiger partial charge in [-0.25, -0.2) is 0 Å². The number of aryl methyl sites for hydroxylation is 1. The molecule has 1 aromatic heterocycles. The molecule has 98 valence electrons. The van der Waals surface area contributed by atoms with Crippen molar-refractivity contribution in [2.24, 2.45) is 13.0 Å². The van der Waals surface area contributed by atoms with Gasteiger partial charge in [-0.2, -0.15) is 5.10 Å². The largest absolute Gasteiger partial charge is 0.396 e. The van der Waals surface area contributed by atoms with E-state index < -0.39 is 0 Å². The maximum atomic E-state index is 8.95. The number of halogens is 1. The molecule has 0 bridgehead atoms. The molecule has 1 aromatic rings. The topological polar surface area (TPSA) is 50.1 Å². The smallest absolute Gasteiger partial charge is 0.131 e. The Morgan fingerprint density at radius 3 is 2.59 bits per heavy atom. The third-order valence-electron chi connectivity index (χ3n) is 2.75. The molecule has 17 heavy (non-hydrogen) atoms. The van der Waals surface area contributed by atoms with Gasteiger partial charge in [0.15, 0.2) is 0 Å². The second-order valence-corrected chi connectivity index (χ2v) is 5.21. The SMILES string of the molecule is CC(CO)CNCc1c(C(C)C)nn(C)c1Cl. The summed E-state index contributed by atoms with van der Waals surface area (Å²) in [6.07, 6.45) is 0. The first kappa shape index (κ1) is 14.5. The van der Waals surface area contributed by atoms with Gasteiger partial charge in [-0.15, -0.1) is 0 Å². The molecule has 0 aliphatic heterocycles. The number of aromatic nitrogens is 2. The average Bonchev–Trinajstić information content (AvgIpc) is 2.57. The molecule has 1 atom stereocenters. The minimum Gasteiger partial charge on any atom is -0.396 e. The molecule has 0 spiro atoms. The van der Waals surface area contributed by atoms with Crippen molar-refractivity contribution in [2.45, 2.75) is 33.2 Å². The fraction of sp³-hybridized carbons (Fsp3) is 0.750. The van der Waals surface area contributed by atoms with Crippen LogP contribution in [0, 0.1) is 5.92 Å². The first-order valence-corrected chi connectivity index (χ1v) is 6.38. The van der Waals surface area contributed by atoms with Crippen molar-refractivity contribution in [1.82, 2.24) is 15.1 Å². The maximum absolute atomic E-state index is 8.95. The van der Waals surface area contributed by atoms with Gasteiger partial charge < -0.3 is 10.4 Å². The summed E-state index contributed by atoms with van der Waals surface area (Å²) in [5, 5.41) is 17.4. The Balaban J connectivity index is 2.69. The molecule has 0 aromatic carbocycles. The Morgan fingerprint density at radius 1 is 1.41 bits per heavy atom. The molecule has 0 saturated carbocycles. The van der Waals surface area contributed by atoms with Gasteiger partial charge in [0.1, 0.15) is 5.15 Å². The van der Waals surface area contributed by atoms with E-state index in [9.17, 15) is 0 Å². The third-order valence-corrected chi connectivity index (χ3v) is 3.23. The molecule has 0 saturated heterocycles. The summed E-state index contributed by atoms with van der Waals surface area (Å²) in [5.74, 6) is 0.619. The van der Waals surface area contributed by atoms with E-state index in [1.54, 1.807) is 4.68 Å². The molecule has 4 nitrogen and oxygen atoms in total. The Bertz CT molecular complexity index is 363. The number of nitrogens with zero attached hydrogens (tertiary/aromatic N) is 2. The molecule has 5 heteroatoms. The van der Waals surface area contributed by atoms with E-state index in [0.29, 0.717) is 17.6 Å². The van der Waals surface area contributed by atoms with E-state index in [4.69, 9.17) is 16.7 Å². The number of nitrogens with one attached hydrogen (secondary N) is 1. The quantitative estimate of drug-likeness (QED) is 0.821. The van der Waals surface area contributed by atoms with E-state index in [1.165, 1.54) is 0 Å². The van der Waals surface area contributed by atoms with E-state index in [2.05, 4.69) is 24.3 Å². The standard InChI is InChI=1S/C12H22ClN3O/c1-8(2)11-10(12(13)16(4)15-11)6-14-5-9(3)7-17/h8-9,14,17H,5-7H2,1-4H3. The molecule has 0 radical (unpaired) electrons. The van der Waals surface area contributed by atoms with E-state index in [-0.39, 0.29) is 12.5 Å². The lowest BCUT2D eigenvalue weighted by Crippen LogP contribution is -2.23. The van der Waals surface area contributed by atoms with Crippen LogP contribution in [0.2, 0.25) is 5.15 Å². The van der Waals surface area contributed by atoms with Gasteiger partial charge in [0.05, 0.1) is 5.69 Å². The van der Waals surface area contributed by atoms with Gasteiger partial charge in [-0.1, -0.05) is 32.4 Å².